The van der Waals surface area contributed by atoms with Gasteiger partial charge in [0.1, 0.15) is 0 Å². The molecule has 0 radical (unpaired) electrons. The molecule has 1 aromatic rings. The highest BCUT2D eigenvalue weighted by Gasteiger charge is 2.22. The van der Waals surface area contributed by atoms with Crippen LogP contribution in [0.25, 0.3) is 0 Å². The third-order valence-corrected chi connectivity index (χ3v) is 3.58. The molecule has 1 unspecified atom stereocenters. The zero-order valence-electron chi connectivity index (χ0n) is 10.8. The van der Waals surface area contributed by atoms with E-state index in [0.717, 1.165) is 37.1 Å². The molecule has 0 aliphatic carbocycles. The first-order valence-electron chi connectivity index (χ1n) is 6.57. The Kier molecular flexibility index (Phi) is 4.49. The lowest BCUT2D eigenvalue weighted by atomic mass is 10.1. The average molecular weight is 251 g/mol. The van der Waals surface area contributed by atoms with Gasteiger partial charge in [-0.25, -0.2) is 9.97 Å². The van der Waals surface area contributed by atoms with Gasteiger partial charge in [-0.1, -0.05) is 12.8 Å². The van der Waals surface area contributed by atoms with Crippen LogP contribution in [0.3, 0.4) is 0 Å². The molecule has 2 N–H and O–H groups in total. The summed E-state index contributed by atoms with van der Waals surface area (Å²) in [7, 11) is 0. The van der Waals surface area contributed by atoms with Crippen molar-refractivity contribution in [1.82, 2.24) is 9.97 Å². The Balaban J connectivity index is 2.24. The van der Waals surface area contributed by atoms with E-state index in [-0.39, 0.29) is 19.3 Å². The van der Waals surface area contributed by atoms with Crippen molar-refractivity contribution < 1.29 is 10.2 Å². The van der Waals surface area contributed by atoms with Crippen LogP contribution < -0.4 is 4.90 Å². The minimum absolute atomic E-state index is 0.0322. The maximum Gasteiger partial charge on any atom is 0.225 e. The smallest absolute Gasteiger partial charge is 0.225 e. The van der Waals surface area contributed by atoms with Crippen molar-refractivity contribution in [1.29, 1.82) is 0 Å². The minimum Gasteiger partial charge on any atom is -0.394 e. The summed E-state index contributed by atoms with van der Waals surface area (Å²) in [5.41, 5.74) is 1.57. The van der Waals surface area contributed by atoms with Gasteiger partial charge < -0.3 is 15.1 Å². The van der Waals surface area contributed by atoms with Crippen LogP contribution in [-0.4, -0.2) is 39.4 Å². The Morgan fingerprint density at radius 2 is 2.17 bits per heavy atom. The molecular weight excluding hydrogens is 230 g/mol. The minimum atomic E-state index is -0.0322. The Labute approximate surface area is 107 Å². The highest BCUT2D eigenvalue weighted by molar-refractivity contribution is 5.34. The van der Waals surface area contributed by atoms with Crippen molar-refractivity contribution >= 4 is 5.95 Å². The summed E-state index contributed by atoms with van der Waals surface area (Å²) in [4.78, 5) is 10.9. The van der Waals surface area contributed by atoms with Crippen molar-refractivity contribution in [3.8, 4) is 0 Å². The third-order valence-electron chi connectivity index (χ3n) is 3.58. The molecule has 2 heterocycles. The summed E-state index contributed by atoms with van der Waals surface area (Å²) in [5.74, 6) is 0.672. The zero-order valence-corrected chi connectivity index (χ0v) is 10.8. The first-order chi connectivity index (χ1) is 8.76. The van der Waals surface area contributed by atoms with Gasteiger partial charge in [0.05, 0.1) is 19.3 Å². The largest absolute Gasteiger partial charge is 0.394 e. The molecule has 5 heteroatoms. The molecule has 0 amide bonds. The summed E-state index contributed by atoms with van der Waals surface area (Å²) < 4.78 is 0. The van der Waals surface area contributed by atoms with Gasteiger partial charge in [0.15, 0.2) is 0 Å². The lowest BCUT2D eigenvalue weighted by Crippen LogP contribution is -2.38. The summed E-state index contributed by atoms with van der Waals surface area (Å²) in [6, 6.07) is 0.117. The number of hydrogen-bond donors (Lipinski definition) is 2. The van der Waals surface area contributed by atoms with Crippen LogP contribution in [0.15, 0.2) is 6.20 Å². The van der Waals surface area contributed by atoms with Crippen LogP contribution in [0.1, 0.15) is 36.9 Å². The molecule has 1 atom stereocenters. The van der Waals surface area contributed by atoms with Crippen LogP contribution in [-0.2, 0) is 6.61 Å². The average Bonchev–Trinajstić information content (AvgIpc) is 2.63. The summed E-state index contributed by atoms with van der Waals surface area (Å²) >= 11 is 0. The van der Waals surface area contributed by atoms with E-state index in [0.29, 0.717) is 5.95 Å². The van der Waals surface area contributed by atoms with Gasteiger partial charge >= 0.3 is 0 Å². The maximum absolute atomic E-state index is 9.48. The fourth-order valence-corrected chi connectivity index (χ4v) is 2.40. The lowest BCUT2D eigenvalue weighted by molar-refractivity contribution is 0.254. The number of anilines is 1. The third kappa shape index (κ3) is 2.79. The Bertz CT molecular complexity index is 398. The van der Waals surface area contributed by atoms with Crippen LogP contribution in [0.4, 0.5) is 5.95 Å². The van der Waals surface area contributed by atoms with Gasteiger partial charge in [-0.3, -0.25) is 0 Å². The van der Waals surface area contributed by atoms with E-state index in [2.05, 4.69) is 14.9 Å². The second-order valence-corrected chi connectivity index (χ2v) is 4.82. The first-order valence-corrected chi connectivity index (χ1v) is 6.57. The highest BCUT2D eigenvalue weighted by Crippen LogP contribution is 2.21. The molecule has 1 aliphatic rings. The van der Waals surface area contributed by atoms with E-state index >= 15 is 0 Å². The summed E-state index contributed by atoms with van der Waals surface area (Å²) in [5, 5.41) is 18.6. The van der Waals surface area contributed by atoms with E-state index in [9.17, 15) is 5.11 Å². The van der Waals surface area contributed by atoms with Crippen molar-refractivity contribution in [2.45, 2.75) is 45.3 Å². The fraction of sp³-hybridized carbons (Fsp3) is 0.692. The number of nitrogens with zero attached hydrogens (tertiary/aromatic N) is 3. The molecule has 5 nitrogen and oxygen atoms in total. The number of aliphatic hydroxyl groups excluding tert-OH is 2. The van der Waals surface area contributed by atoms with Crippen LogP contribution >= 0.6 is 0 Å². The van der Waals surface area contributed by atoms with Gasteiger partial charge in [-0.15, -0.1) is 0 Å². The summed E-state index contributed by atoms with van der Waals surface area (Å²) in [6.07, 6.45) is 6.12. The maximum atomic E-state index is 9.48. The number of aliphatic hydroxyl groups is 2. The molecule has 0 spiro atoms. The van der Waals surface area contributed by atoms with Gasteiger partial charge in [-0.2, -0.15) is 0 Å². The monoisotopic (exact) mass is 251 g/mol. The van der Waals surface area contributed by atoms with Crippen molar-refractivity contribution in [2.24, 2.45) is 0 Å². The van der Waals surface area contributed by atoms with Crippen molar-refractivity contribution in [3.63, 3.8) is 0 Å². The molecule has 0 saturated carbocycles. The highest BCUT2D eigenvalue weighted by atomic mass is 16.3. The van der Waals surface area contributed by atoms with Crippen molar-refractivity contribution in [3.05, 3.63) is 17.5 Å². The first kappa shape index (κ1) is 13.2. The Morgan fingerprint density at radius 1 is 1.33 bits per heavy atom. The van der Waals surface area contributed by atoms with E-state index in [1.807, 2.05) is 6.92 Å². The predicted octanol–water partition coefficient (Wildman–Crippen LogP) is 1.02. The van der Waals surface area contributed by atoms with Gasteiger partial charge in [0.2, 0.25) is 5.95 Å². The molecule has 18 heavy (non-hydrogen) atoms. The second-order valence-electron chi connectivity index (χ2n) is 4.82. The molecule has 100 valence electrons. The number of aromatic nitrogens is 2. The Hall–Kier alpha value is -1.20. The number of rotatable bonds is 3. The van der Waals surface area contributed by atoms with E-state index in [1.165, 1.54) is 6.42 Å². The van der Waals surface area contributed by atoms with Crippen LogP contribution in [0.2, 0.25) is 0 Å². The topological polar surface area (TPSA) is 69.5 Å². The lowest BCUT2D eigenvalue weighted by Gasteiger charge is -2.28. The Morgan fingerprint density at radius 3 is 2.83 bits per heavy atom. The molecule has 0 aromatic carbocycles. The summed E-state index contributed by atoms with van der Waals surface area (Å²) in [6.45, 7) is 2.88. The van der Waals surface area contributed by atoms with Crippen molar-refractivity contribution in [2.75, 3.05) is 18.1 Å². The molecule has 1 fully saturated rings. The standard InChI is InChI=1S/C13H21N3O2/c1-10-11(8-17)7-14-13(15-10)16-6-4-2-3-5-12(16)9-18/h7,12,17-18H,2-6,8-9H2,1H3. The second kappa shape index (κ2) is 6.11. The van der Waals surface area contributed by atoms with E-state index in [4.69, 9.17) is 5.11 Å². The zero-order chi connectivity index (χ0) is 13.0. The molecule has 1 aliphatic heterocycles. The van der Waals surface area contributed by atoms with Gasteiger partial charge in [0.25, 0.3) is 0 Å². The quantitative estimate of drug-likeness (QED) is 0.839. The normalized spacial score (nSPS) is 20.8. The van der Waals surface area contributed by atoms with Crippen LogP contribution in [0.5, 0.6) is 0 Å². The number of aryl methyl sites for hydroxylation is 1. The molecular formula is C13H21N3O2. The molecule has 0 bridgehead atoms. The molecule has 1 saturated heterocycles. The molecule has 1 aromatic heterocycles. The SMILES string of the molecule is Cc1nc(N2CCCCCC2CO)ncc1CO. The predicted molar refractivity (Wildman–Crippen MR) is 69.4 cm³/mol. The van der Waals surface area contributed by atoms with Gasteiger partial charge in [0, 0.05) is 24.0 Å². The van der Waals surface area contributed by atoms with Crippen LogP contribution in [0, 0.1) is 6.92 Å². The van der Waals surface area contributed by atoms with E-state index in [1.54, 1.807) is 6.20 Å². The molecule has 2 rings (SSSR count). The van der Waals surface area contributed by atoms with E-state index < -0.39 is 0 Å². The van der Waals surface area contributed by atoms with Gasteiger partial charge in [-0.05, 0) is 19.8 Å². The number of hydrogen-bond acceptors (Lipinski definition) is 5. The fourth-order valence-electron chi connectivity index (χ4n) is 2.40.